The van der Waals surface area contributed by atoms with Crippen LogP contribution in [-0.2, 0) is 9.68 Å². The van der Waals surface area contributed by atoms with E-state index in [-0.39, 0.29) is 28.5 Å². The first kappa shape index (κ1) is 12.5. The molecular formula is C13H12N2O5. The van der Waals surface area contributed by atoms with Crippen molar-refractivity contribution in [3.8, 4) is 11.6 Å². The standard InChI is InChI=1S/C13H12N2O5/c1-18-10-6-8-11(9(16)4-5-14-8)15-12(10)19-20-13(17)7-2-3-7/h4-7H,2-3H2,1H3,(H,14,16). The molecular weight excluding hydrogens is 264 g/mol. The lowest BCUT2D eigenvalue weighted by molar-refractivity contribution is -0.217. The molecule has 3 rings (SSSR count). The molecule has 20 heavy (non-hydrogen) atoms. The second-order valence-electron chi connectivity index (χ2n) is 4.49. The molecule has 1 N–H and O–H groups in total. The van der Waals surface area contributed by atoms with Crippen LogP contribution in [-0.4, -0.2) is 23.0 Å². The molecule has 0 aliphatic heterocycles. The number of rotatable bonds is 4. The number of carbonyl (C=O) groups excluding carboxylic acids is 1. The molecule has 0 aromatic carbocycles. The number of hydrogen-bond donors (Lipinski definition) is 1. The predicted molar refractivity (Wildman–Crippen MR) is 68.4 cm³/mol. The van der Waals surface area contributed by atoms with Gasteiger partial charge in [0.1, 0.15) is 5.52 Å². The zero-order valence-corrected chi connectivity index (χ0v) is 10.7. The van der Waals surface area contributed by atoms with Crippen molar-refractivity contribution in [1.82, 2.24) is 9.97 Å². The highest BCUT2D eigenvalue weighted by Gasteiger charge is 2.33. The van der Waals surface area contributed by atoms with Crippen molar-refractivity contribution < 1.29 is 19.3 Å². The summed E-state index contributed by atoms with van der Waals surface area (Å²) in [5, 5.41) is 0. The minimum absolute atomic E-state index is 0.0503. The van der Waals surface area contributed by atoms with Crippen LogP contribution >= 0.6 is 0 Å². The van der Waals surface area contributed by atoms with Gasteiger partial charge in [-0.25, -0.2) is 14.7 Å². The number of nitrogens with one attached hydrogen (secondary N) is 1. The molecule has 1 aliphatic rings. The Bertz CT molecular complexity index is 720. The van der Waals surface area contributed by atoms with Gasteiger partial charge >= 0.3 is 11.8 Å². The number of H-pyrrole nitrogens is 1. The Morgan fingerprint density at radius 2 is 2.25 bits per heavy atom. The fourth-order valence-corrected chi connectivity index (χ4v) is 1.74. The van der Waals surface area contributed by atoms with Crippen molar-refractivity contribution in [2.75, 3.05) is 7.11 Å². The van der Waals surface area contributed by atoms with Gasteiger partial charge in [0.2, 0.25) is 5.43 Å². The first-order chi connectivity index (χ1) is 9.69. The molecule has 0 spiro atoms. The largest absolute Gasteiger partial charge is 0.491 e. The van der Waals surface area contributed by atoms with Crippen LogP contribution in [0.4, 0.5) is 0 Å². The fraction of sp³-hybridized carbons (Fsp3) is 0.308. The number of nitrogens with zero attached hydrogens (tertiary/aromatic N) is 1. The smallest absolute Gasteiger partial charge is 0.358 e. The number of aromatic amines is 1. The van der Waals surface area contributed by atoms with Gasteiger partial charge in [-0.3, -0.25) is 9.68 Å². The van der Waals surface area contributed by atoms with Gasteiger partial charge in [0.25, 0.3) is 0 Å². The zero-order valence-electron chi connectivity index (χ0n) is 10.7. The summed E-state index contributed by atoms with van der Waals surface area (Å²) in [6.45, 7) is 0. The van der Waals surface area contributed by atoms with E-state index in [0.29, 0.717) is 5.52 Å². The molecule has 2 aromatic rings. The van der Waals surface area contributed by atoms with Crippen molar-refractivity contribution in [3.63, 3.8) is 0 Å². The lowest BCUT2D eigenvalue weighted by Gasteiger charge is -2.08. The highest BCUT2D eigenvalue weighted by molar-refractivity contribution is 5.77. The third-order valence-electron chi connectivity index (χ3n) is 2.99. The van der Waals surface area contributed by atoms with E-state index in [1.807, 2.05) is 0 Å². The molecule has 0 amide bonds. The van der Waals surface area contributed by atoms with E-state index in [4.69, 9.17) is 9.62 Å². The van der Waals surface area contributed by atoms with E-state index in [1.54, 1.807) is 6.07 Å². The maximum atomic E-state index is 11.7. The summed E-state index contributed by atoms with van der Waals surface area (Å²) in [6.07, 6.45) is 3.13. The van der Waals surface area contributed by atoms with Crippen LogP contribution in [0.15, 0.2) is 23.1 Å². The second-order valence-corrected chi connectivity index (χ2v) is 4.49. The minimum atomic E-state index is -0.434. The van der Waals surface area contributed by atoms with E-state index in [1.165, 1.54) is 19.4 Å². The number of methoxy groups -OCH3 is 1. The van der Waals surface area contributed by atoms with E-state index in [0.717, 1.165) is 12.8 Å². The molecule has 2 aromatic heterocycles. The number of fused-ring (bicyclic) bond motifs is 1. The number of hydrogen-bond acceptors (Lipinski definition) is 6. The lowest BCUT2D eigenvalue weighted by Crippen LogP contribution is -2.12. The zero-order chi connectivity index (χ0) is 14.1. The van der Waals surface area contributed by atoms with Gasteiger partial charge in [0.05, 0.1) is 18.5 Å². The third kappa shape index (κ3) is 2.29. The molecule has 0 radical (unpaired) electrons. The van der Waals surface area contributed by atoms with Crippen molar-refractivity contribution >= 4 is 17.0 Å². The van der Waals surface area contributed by atoms with Gasteiger partial charge in [0.15, 0.2) is 5.75 Å². The van der Waals surface area contributed by atoms with Crippen LogP contribution in [0, 0.1) is 5.92 Å². The quantitative estimate of drug-likeness (QED) is 0.666. The Labute approximate surface area is 113 Å². The average molecular weight is 276 g/mol. The summed E-state index contributed by atoms with van der Waals surface area (Å²) in [5.74, 6) is -0.311. The average Bonchev–Trinajstić information content (AvgIpc) is 3.29. The summed E-state index contributed by atoms with van der Waals surface area (Å²) in [5.41, 5.74) is 0.431. The molecule has 0 saturated heterocycles. The number of aromatic nitrogens is 2. The Balaban J connectivity index is 1.93. The van der Waals surface area contributed by atoms with Crippen molar-refractivity contribution in [3.05, 3.63) is 28.6 Å². The van der Waals surface area contributed by atoms with Crippen LogP contribution in [0.5, 0.6) is 11.6 Å². The Morgan fingerprint density at radius 1 is 1.45 bits per heavy atom. The second kappa shape index (κ2) is 4.84. The molecule has 7 nitrogen and oxygen atoms in total. The van der Waals surface area contributed by atoms with Gasteiger partial charge in [-0.15, -0.1) is 0 Å². The third-order valence-corrected chi connectivity index (χ3v) is 2.99. The van der Waals surface area contributed by atoms with Crippen LogP contribution in [0.25, 0.3) is 11.0 Å². The number of pyridine rings is 2. The van der Waals surface area contributed by atoms with Gasteiger partial charge < -0.3 is 9.72 Å². The maximum Gasteiger partial charge on any atom is 0.358 e. The van der Waals surface area contributed by atoms with Crippen molar-refractivity contribution in [2.24, 2.45) is 5.92 Å². The summed E-state index contributed by atoms with van der Waals surface area (Å²) in [6, 6.07) is 2.91. The van der Waals surface area contributed by atoms with Crippen molar-refractivity contribution in [1.29, 1.82) is 0 Å². The maximum absolute atomic E-state index is 11.7. The molecule has 7 heteroatoms. The van der Waals surface area contributed by atoms with Crippen LogP contribution in [0.1, 0.15) is 12.8 Å². The molecule has 0 bridgehead atoms. The summed E-state index contributed by atoms with van der Waals surface area (Å²) < 4.78 is 5.10. The van der Waals surface area contributed by atoms with Crippen molar-refractivity contribution in [2.45, 2.75) is 12.8 Å². The Hall–Kier alpha value is -2.57. The topological polar surface area (TPSA) is 90.5 Å². The first-order valence-electron chi connectivity index (χ1n) is 6.14. The molecule has 2 heterocycles. The van der Waals surface area contributed by atoms with E-state index >= 15 is 0 Å². The first-order valence-corrected chi connectivity index (χ1v) is 6.14. The Morgan fingerprint density at radius 3 is 2.95 bits per heavy atom. The molecule has 104 valence electrons. The number of carbonyl (C=O) groups is 1. The monoisotopic (exact) mass is 276 g/mol. The molecule has 0 atom stereocenters. The molecule has 0 unspecified atom stereocenters. The lowest BCUT2D eigenvalue weighted by atomic mass is 10.3. The van der Waals surface area contributed by atoms with E-state index < -0.39 is 5.97 Å². The van der Waals surface area contributed by atoms with Crippen LogP contribution < -0.4 is 15.1 Å². The van der Waals surface area contributed by atoms with Gasteiger partial charge in [-0.05, 0) is 12.8 Å². The van der Waals surface area contributed by atoms with E-state index in [9.17, 15) is 9.59 Å². The fourth-order valence-electron chi connectivity index (χ4n) is 1.74. The van der Waals surface area contributed by atoms with Gasteiger partial charge in [-0.2, -0.15) is 0 Å². The van der Waals surface area contributed by atoms with Crippen LogP contribution in [0.3, 0.4) is 0 Å². The highest BCUT2D eigenvalue weighted by Crippen LogP contribution is 2.31. The SMILES string of the molecule is COc1cc2[nH]ccc(=O)c2nc1OOC(=O)C1CC1. The summed E-state index contributed by atoms with van der Waals surface area (Å²) in [7, 11) is 1.43. The molecule has 1 fully saturated rings. The molecule has 1 saturated carbocycles. The van der Waals surface area contributed by atoms with Gasteiger partial charge in [-0.1, -0.05) is 0 Å². The van der Waals surface area contributed by atoms with Gasteiger partial charge in [0, 0.05) is 18.3 Å². The van der Waals surface area contributed by atoms with Crippen LogP contribution in [0.2, 0.25) is 0 Å². The predicted octanol–water partition coefficient (Wildman–Crippen LogP) is 1.18. The molecule has 1 aliphatic carbocycles. The number of ether oxygens (including phenoxy) is 1. The highest BCUT2D eigenvalue weighted by atomic mass is 17.2. The van der Waals surface area contributed by atoms with E-state index in [2.05, 4.69) is 14.9 Å². The summed E-state index contributed by atoms with van der Waals surface area (Å²) in [4.78, 5) is 39.6. The minimum Gasteiger partial charge on any atom is -0.491 e. The Kier molecular flexibility index (Phi) is 3.02. The normalized spacial score (nSPS) is 14.1. The summed E-state index contributed by atoms with van der Waals surface area (Å²) >= 11 is 0.